The Morgan fingerprint density at radius 2 is 1.84 bits per heavy atom. The minimum atomic E-state index is -0.445. The third kappa shape index (κ3) is 2.84. The Bertz CT molecular complexity index is 627. The van der Waals surface area contributed by atoms with E-state index < -0.39 is 5.97 Å². The van der Waals surface area contributed by atoms with Gasteiger partial charge in [-0.3, -0.25) is 4.98 Å². The van der Waals surface area contributed by atoms with Gasteiger partial charge >= 0.3 is 5.97 Å². The highest BCUT2D eigenvalue weighted by Crippen LogP contribution is 2.37. The van der Waals surface area contributed by atoms with Crippen LogP contribution in [0.5, 0.6) is 0 Å². The Morgan fingerprint density at radius 3 is 2.42 bits per heavy atom. The van der Waals surface area contributed by atoms with Crippen molar-refractivity contribution in [1.82, 2.24) is 4.98 Å². The number of rotatable bonds is 2. The minimum absolute atomic E-state index is 0.277. The van der Waals surface area contributed by atoms with Crippen molar-refractivity contribution in [1.29, 1.82) is 0 Å². The maximum atomic E-state index is 11.3. The van der Waals surface area contributed by atoms with Crippen LogP contribution in [0.4, 0.5) is 0 Å². The number of methoxy groups -OCH3 is 1. The molecule has 0 saturated heterocycles. The minimum Gasteiger partial charge on any atom is -0.465 e. The van der Waals surface area contributed by atoms with Gasteiger partial charge in [0.05, 0.1) is 33.4 Å². The molecule has 2 aromatic rings. The fraction of sp³-hybridized carbons (Fsp3) is 0.0769. The van der Waals surface area contributed by atoms with Crippen LogP contribution in [0.15, 0.2) is 30.5 Å². The normalized spacial score (nSPS) is 10.3. The predicted molar refractivity (Wildman–Crippen MR) is 76.0 cm³/mol. The van der Waals surface area contributed by atoms with Crippen LogP contribution in [0.2, 0.25) is 15.1 Å². The molecule has 0 aliphatic rings. The van der Waals surface area contributed by atoms with Crippen LogP contribution in [-0.2, 0) is 4.74 Å². The average Bonchev–Trinajstić information content (AvgIpc) is 2.44. The van der Waals surface area contributed by atoms with E-state index in [1.165, 1.54) is 13.3 Å². The van der Waals surface area contributed by atoms with Crippen LogP contribution < -0.4 is 0 Å². The first-order chi connectivity index (χ1) is 9.04. The highest BCUT2D eigenvalue weighted by molar-refractivity contribution is 6.49. The molecule has 0 fully saturated rings. The second kappa shape index (κ2) is 5.78. The molecular formula is C13H8Cl3NO2. The quantitative estimate of drug-likeness (QED) is 0.605. The van der Waals surface area contributed by atoms with Gasteiger partial charge < -0.3 is 4.74 Å². The summed E-state index contributed by atoms with van der Waals surface area (Å²) < 4.78 is 4.60. The van der Waals surface area contributed by atoms with Gasteiger partial charge in [-0.2, -0.15) is 0 Å². The standard InChI is InChI=1S/C13H8Cl3NO2/c1-19-13(18)7-2-5-10(17-6-7)8-3-4-9(14)12(16)11(8)15/h2-6H,1H3. The molecule has 0 saturated carbocycles. The van der Waals surface area contributed by atoms with Crippen LogP contribution in [0.1, 0.15) is 10.4 Å². The van der Waals surface area contributed by atoms with E-state index in [0.717, 1.165) is 0 Å². The second-order valence-electron chi connectivity index (χ2n) is 3.65. The molecular weight excluding hydrogens is 309 g/mol. The number of esters is 1. The molecule has 98 valence electrons. The van der Waals surface area contributed by atoms with Crippen molar-refractivity contribution in [3.63, 3.8) is 0 Å². The molecule has 0 radical (unpaired) electrons. The van der Waals surface area contributed by atoms with E-state index in [1.807, 2.05) is 0 Å². The van der Waals surface area contributed by atoms with Gasteiger partial charge in [0.25, 0.3) is 0 Å². The highest BCUT2D eigenvalue weighted by Gasteiger charge is 2.12. The second-order valence-corrected chi connectivity index (χ2v) is 4.81. The molecule has 1 aromatic carbocycles. The first-order valence-corrected chi connectivity index (χ1v) is 6.36. The number of hydrogen-bond donors (Lipinski definition) is 0. The summed E-state index contributed by atoms with van der Waals surface area (Å²) in [5, 5.41) is 0.980. The molecule has 2 rings (SSSR count). The number of nitrogens with zero attached hydrogens (tertiary/aromatic N) is 1. The number of ether oxygens (including phenoxy) is 1. The van der Waals surface area contributed by atoms with Gasteiger partial charge in [-0.15, -0.1) is 0 Å². The van der Waals surface area contributed by atoms with Gasteiger partial charge in [-0.1, -0.05) is 34.8 Å². The van der Waals surface area contributed by atoms with Gasteiger partial charge in [0.2, 0.25) is 0 Å². The molecule has 0 amide bonds. The third-order valence-electron chi connectivity index (χ3n) is 2.50. The Labute approximate surface area is 125 Å². The summed E-state index contributed by atoms with van der Waals surface area (Å²) in [5.41, 5.74) is 1.60. The summed E-state index contributed by atoms with van der Waals surface area (Å²) in [5.74, 6) is -0.445. The average molecular weight is 317 g/mol. The first-order valence-electron chi connectivity index (χ1n) is 5.23. The number of benzene rings is 1. The van der Waals surface area contributed by atoms with Gasteiger partial charge in [-0.25, -0.2) is 4.79 Å². The maximum Gasteiger partial charge on any atom is 0.339 e. The number of carbonyl (C=O) groups excluding carboxylic acids is 1. The molecule has 3 nitrogen and oxygen atoms in total. The largest absolute Gasteiger partial charge is 0.465 e. The van der Waals surface area contributed by atoms with Crippen molar-refractivity contribution >= 4 is 40.8 Å². The van der Waals surface area contributed by atoms with Crippen LogP contribution >= 0.6 is 34.8 Å². The van der Waals surface area contributed by atoms with E-state index in [9.17, 15) is 4.79 Å². The van der Waals surface area contributed by atoms with E-state index in [4.69, 9.17) is 34.8 Å². The lowest BCUT2D eigenvalue weighted by Gasteiger charge is -2.07. The Hall–Kier alpha value is -1.29. The molecule has 0 atom stereocenters. The molecule has 0 spiro atoms. The van der Waals surface area contributed by atoms with Gasteiger partial charge in [-0.05, 0) is 24.3 Å². The van der Waals surface area contributed by atoms with Crippen molar-refractivity contribution in [2.24, 2.45) is 0 Å². The number of pyridine rings is 1. The molecule has 0 aliphatic carbocycles. The van der Waals surface area contributed by atoms with Crippen molar-refractivity contribution in [3.05, 3.63) is 51.1 Å². The fourth-order valence-electron chi connectivity index (χ4n) is 1.52. The summed E-state index contributed by atoms with van der Waals surface area (Å²) in [6, 6.07) is 6.63. The first kappa shape index (κ1) is 14.1. The van der Waals surface area contributed by atoms with Crippen molar-refractivity contribution < 1.29 is 9.53 Å². The van der Waals surface area contributed by atoms with E-state index in [0.29, 0.717) is 26.9 Å². The lowest BCUT2D eigenvalue weighted by molar-refractivity contribution is 0.0600. The number of halogens is 3. The Kier molecular flexibility index (Phi) is 4.30. The van der Waals surface area contributed by atoms with Gasteiger partial charge in [0.1, 0.15) is 0 Å². The van der Waals surface area contributed by atoms with E-state index in [-0.39, 0.29) is 5.02 Å². The molecule has 0 unspecified atom stereocenters. The van der Waals surface area contributed by atoms with Crippen molar-refractivity contribution in [2.45, 2.75) is 0 Å². The van der Waals surface area contributed by atoms with Crippen LogP contribution in [0, 0.1) is 0 Å². The van der Waals surface area contributed by atoms with E-state index >= 15 is 0 Å². The smallest absolute Gasteiger partial charge is 0.339 e. The summed E-state index contributed by atoms with van der Waals surface area (Å²) in [6.45, 7) is 0. The molecule has 0 aliphatic heterocycles. The lowest BCUT2D eigenvalue weighted by Crippen LogP contribution is -2.01. The highest BCUT2D eigenvalue weighted by atomic mass is 35.5. The fourth-order valence-corrected chi connectivity index (χ4v) is 2.15. The predicted octanol–water partition coefficient (Wildman–Crippen LogP) is 4.50. The zero-order chi connectivity index (χ0) is 14.0. The van der Waals surface area contributed by atoms with Crippen LogP contribution in [0.25, 0.3) is 11.3 Å². The summed E-state index contributed by atoms with van der Waals surface area (Å²) in [6.07, 6.45) is 1.42. The maximum absolute atomic E-state index is 11.3. The van der Waals surface area contributed by atoms with Gasteiger partial charge in [0.15, 0.2) is 0 Å². The van der Waals surface area contributed by atoms with Crippen molar-refractivity contribution in [2.75, 3.05) is 7.11 Å². The monoisotopic (exact) mass is 315 g/mol. The summed E-state index contributed by atoms with van der Waals surface area (Å²) >= 11 is 17.9. The zero-order valence-corrected chi connectivity index (χ0v) is 12.1. The molecule has 0 bridgehead atoms. The molecule has 0 N–H and O–H groups in total. The van der Waals surface area contributed by atoms with Crippen LogP contribution in [-0.4, -0.2) is 18.1 Å². The van der Waals surface area contributed by atoms with E-state index in [2.05, 4.69) is 9.72 Å². The van der Waals surface area contributed by atoms with E-state index in [1.54, 1.807) is 24.3 Å². The molecule has 1 heterocycles. The molecule has 1 aromatic heterocycles. The zero-order valence-electron chi connectivity index (χ0n) is 9.78. The Morgan fingerprint density at radius 1 is 1.11 bits per heavy atom. The Balaban J connectivity index is 2.43. The molecule has 6 heteroatoms. The summed E-state index contributed by atoms with van der Waals surface area (Å²) in [7, 11) is 1.31. The number of aromatic nitrogens is 1. The van der Waals surface area contributed by atoms with Crippen molar-refractivity contribution in [3.8, 4) is 11.3 Å². The third-order valence-corrected chi connectivity index (χ3v) is 3.79. The topological polar surface area (TPSA) is 39.2 Å². The summed E-state index contributed by atoms with van der Waals surface area (Å²) in [4.78, 5) is 15.5. The van der Waals surface area contributed by atoms with Gasteiger partial charge in [0, 0.05) is 11.8 Å². The lowest BCUT2D eigenvalue weighted by atomic mass is 10.1. The molecule has 19 heavy (non-hydrogen) atoms. The number of carbonyl (C=O) groups is 1. The van der Waals surface area contributed by atoms with Crippen LogP contribution in [0.3, 0.4) is 0 Å². The number of hydrogen-bond acceptors (Lipinski definition) is 3. The SMILES string of the molecule is COC(=O)c1ccc(-c2ccc(Cl)c(Cl)c2Cl)nc1.